The van der Waals surface area contributed by atoms with E-state index in [1.54, 1.807) is 36.4 Å². The van der Waals surface area contributed by atoms with Crippen LogP contribution in [0, 0.1) is 0 Å². The number of halogens is 1. The number of hydrogen-bond donors (Lipinski definition) is 4. The van der Waals surface area contributed by atoms with E-state index in [9.17, 15) is 14.4 Å². The zero-order valence-corrected chi connectivity index (χ0v) is 13.8. The van der Waals surface area contributed by atoms with Crippen molar-refractivity contribution in [3.05, 3.63) is 64.9 Å². The van der Waals surface area contributed by atoms with Crippen LogP contribution in [0.5, 0.6) is 0 Å². The second-order valence-electron chi connectivity index (χ2n) is 5.03. The molecule has 1 atom stereocenters. The Balaban J connectivity index is 1.99. The topological polar surface area (TPSA) is 126 Å². The third-order valence-electron chi connectivity index (χ3n) is 3.23. The van der Waals surface area contributed by atoms with E-state index in [0.717, 1.165) is 0 Å². The summed E-state index contributed by atoms with van der Waals surface area (Å²) in [5.41, 5.74) is 10.5. The molecule has 1 aromatic heterocycles. The lowest BCUT2D eigenvalue weighted by molar-refractivity contribution is -0.122. The van der Waals surface area contributed by atoms with Crippen molar-refractivity contribution in [1.82, 2.24) is 21.2 Å². The molecule has 0 saturated heterocycles. The molecule has 0 radical (unpaired) electrons. The van der Waals surface area contributed by atoms with Crippen molar-refractivity contribution in [2.24, 2.45) is 5.73 Å². The molecule has 9 heteroatoms. The number of rotatable bonds is 5. The van der Waals surface area contributed by atoms with Gasteiger partial charge >= 0.3 is 6.03 Å². The van der Waals surface area contributed by atoms with Gasteiger partial charge in [0.05, 0.1) is 18.0 Å². The van der Waals surface area contributed by atoms with Crippen LogP contribution in [0.4, 0.5) is 4.79 Å². The molecule has 0 unspecified atom stereocenters. The van der Waals surface area contributed by atoms with E-state index in [1.165, 1.54) is 12.4 Å². The molecule has 0 fully saturated rings. The number of nitrogens with zero attached hydrogens (tertiary/aromatic N) is 1. The van der Waals surface area contributed by atoms with Gasteiger partial charge in [-0.25, -0.2) is 4.79 Å². The molecule has 4 amide bonds. The summed E-state index contributed by atoms with van der Waals surface area (Å²) >= 11 is 6.09. The second-order valence-corrected chi connectivity index (χ2v) is 5.44. The predicted octanol–water partition coefficient (Wildman–Crippen LogP) is 1.30. The average molecular weight is 362 g/mol. The molecule has 0 spiro atoms. The predicted molar refractivity (Wildman–Crippen MR) is 91.4 cm³/mol. The fourth-order valence-corrected chi connectivity index (χ4v) is 2.37. The molecule has 0 aliphatic heterocycles. The van der Waals surface area contributed by atoms with Crippen LogP contribution in [0.3, 0.4) is 0 Å². The van der Waals surface area contributed by atoms with Crippen LogP contribution < -0.4 is 21.9 Å². The number of pyridine rings is 1. The van der Waals surface area contributed by atoms with E-state index in [0.29, 0.717) is 16.1 Å². The van der Waals surface area contributed by atoms with Crippen LogP contribution in [-0.2, 0) is 4.79 Å². The number of primary amides is 1. The van der Waals surface area contributed by atoms with Gasteiger partial charge in [0, 0.05) is 17.4 Å². The van der Waals surface area contributed by atoms with E-state index in [2.05, 4.69) is 21.2 Å². The van der Waals surface area contributed by atoms with Gasteiger partial charge in [-0.15, -0.1) is 0 Å². The number of urea groups is 1. The van der Waals surface area contributed by atoms with Crippen LogP contribution in [0.1, 0.15) is 28.4 Å². The molecule has 1 heterocycles. The van der Waals surface area contributed by atoms with Crippen LogP contribution >= 0.6 is 11.6 Å². The smallest absolute Gasteiger partial charge is 0.312 e. The fraction of sp³-hybridized carbons (Fsp3) is 0.125. The van der Waals surface area contributed by atoms with Crippen molar-refractivity contribution >= 4 is 29.4 Å². The largest absolute Gasteiger partial charge is 0.352 e. The molecule has 1 aromatic carbocycles. The summed E-state index contributed by atoms with van der Waals surface area (Å²) in [5.74, 6) is -1.05. The van der Waals surface area contributed by atoms with Crippen LogP contribution in [-0.4, -0.2) is 22.8 Å². The monoisotopic (exact) mass is 361 g/mol. The summed E-state index contributed by atoms with van der Waals surface area (Å²) in [6.45, 7) is 0. The zero-order chi connectivity index (χ0) is 18.2. The van der Waals surface area contributed by atoms with Crippen molar-refractivity contribution in [1.29, 1.82) is 0 Å². The number of hydrazine groups is 1. The minimum Gasteiger partial charge on any atom is -0.352 e. The van der Waals surface area contributed by atoms with Gasteiger partial charge in [-0.3, -0.25) is 25.4 Å². The molecule has 0 aliphatic carbocycles. The minimum atomic E-state index is -0.794. The second kappa shape index (κ2) is 8.65. The molecule has 0 saturated carbocycles. The Kier molecular flexibility index (Phi) is 6.30. The lowest BCUT2D eigenvalue weighted by atomic mass is 10.0. The van der Waals surface area contributed by atoms with Crippen molar-refractivity contribution in [2.45, 2.75) is 12.5 Å². The number of hydrogen-bond acceptors (Lipinski definition) is 4. The van der Waals surface area contributed by atoms with E-state index in [4.69, 9.17) is 17.3 Å². The minimum absolute atomic E-state index is 0.167. The average Bonchev–Trinajstić information content (AvgIpc) is 2.60. The lowest BCUT2D eigenvalue weighted by Gasteiger charge is -2.19. The van der Waals surface area contributed by atoms with Crippen LogP contribution in [0.15, 0.2) is 48.8 Å². The van der Waals surface area contributed by atoms with E-state index in [1.807, 2.05) is 0 Å². The Labute approximate surface area is 148 Å². The number of nitrogens with one attached hydrogen (secondary N) is 3. The Morgan fingerprint density at radius 1 is 1.12 bits per heavy atom. The maximum atomic E-state index is 12.1. The number of aromatic nitrogens is 1. The van der Waals surface area contributed by atoms with Gasteiger partial charge in [-0.1, -0.05) is 29.8 Å². The van der Waals surface area contributed by atoms with Crippen molar-refractivity contribution in [2.75, 3.05) is 0 Å². The first-order valence-corrected chi connectivity index (χ1v) is 7.64. The van der Waals surface area contributed by atoms with Crippen molar-refractivity contribution in [3.8, 4) is 0 Å². The van der Waals surface area contributed by atoms with Gasteiger partial charge in [0.25, 0.3) is 5.91 Å². The fourth-order valence-electron chi connectivity index (χ4n) is 2.10. The molecular formula is C16H16ClN5O3. The molecule has 2 rings (SSSR count). The summed E-state index contributed by atoms with van der Waals surface area (Å²) in [4.78, 5) is 38.9. The van der Waals surface area contributed by atoms with Crippen molar-refractivity contribution in [3.63, 3.8) is 0 Å². The summed E-state index contributed by atoms with van der Waals surface area (Å²) in [5, 5.41) is 2.84. The van der Waals surface area contributed by atoms with Crippen LogP contribution in [0.25, 0.3) is 0 Å². The number of carbonyl (C=O) groups is 3. The number of carbonyl (C=O) groups excluding carboxylic acids is 3. The molecule has 0 bridgehead atoms. The Morgan fingerprint density at radius 3 is 2.52 bits per heavy atom. The van der Waals surface area contributed by atoms with E-state index < -0.39 is 23.9 Å². The Morgan fingerprint density at radius 2 is 1.88 bits per heavy atom. The highest BCUT2D eigenvalue weighted by Crippen LogP contribution is 2.24. The molecule has 0 aliphatic rings. The van der Waals surface area contributed by atoms with Gasteiger partial charge in [0.2, 0.25) is 5.91 Å². The summed E-state index contributed by atoms with van der Waals surface area (Å²) in [6.07, 6.45) is 2.72. The number of nitrogens with two attached hydrogens (primary N) is 1. The van der Waals surface area contributed by atoms with E-state index >= 15 is 0 Å². The summed E-state index contributed by atoms with van der Waals surface area (Å²) in [7, 11) is 0. The highest BCUT2D eigenvalue weighted by atomic mass is 35.5. The molecule has 5 N–H and O–H groups in total. The number of amides is 4. The summed E-state index contributed by atoms with van der Waals surface area (Å²) in [6, 6.07) is 8.37. The van der Waals surface area contributed by atoms with Gasteiger partial charge in [-0.2, -0.15) is 0 Å². The highest BCUT2D eigenvalue weighted by Gasteiger charge is 2.20. The maximum absolute atomic E-state index is 12.1. The molecule has 8 nitrogen and oxygen atoms in total. The molecule has 130 valence electrons. The van der Waals surface area contributed by atoms with Gasteiger partial charge in [-0.05, 0) is 23.8 Å². The SMILES string of the molecule is NC(=O)N[C@H](CC(=O)NNC(=O)c1cccnc1)c1ccccc1Cl. The van der Waals surface area contributed by atoms with Gasteiger partial charge in [0.1, 0.15) is 0 Å². The zero-order valence-electron chi connectivity index (χ0n) is 13.0. The maximum Gasteiger partial charge on any atom is 0.312 e. The van der Waals surface area contributed by atoms with Crippen molar-refractivity contribution < 1.29 is 14.4 Å². The van der Waals surface area contributed by atoms with Crippen LogP contribution in [0.2, 0.25) is 5.02 Å². The standard InChI is InChI=1S/C16H16ClN5O3/c17-12-6-2-1-5-11(12)13(20-16(18)25)8-14(23)21-22-15(24)10-4-3-7-19-9-10/h1-7,9,13H,8H2,(H,21,23)(H,22,24)(H3,18,20,25)/t13-/m1/s1. The first-order valence-electron chi connectivity index (χ1n) is 7.27. The third kappa shape index (κ3) is 5.47. The lowest BCUT2D eigenvalue weighted by Crippen LogP contribution is -2.44. The summed E-state index contributed by atoms with van der Waals surface area (Å²) < 4.78 is 0. The quantitative estimate of drug-likeness (QED) is 0.598. The molecule has 25 heavy (non-hydrogen) atoms. The Hall–Kier alpha value is -3.13. The highest BCUT2D eigenvalue weighted by molar-refractivity contribution is 6.31. The molecular weight excluding hydrogens is 346 g/mol. The third-order valence-corrected chi connectivity index (χ3v) is 3.57. The first kappa shape index (κ1) is 18.2. The van der Waals surface area contributed by atoms with Gasteiger partial charge in [0.15, 0.2) is 0 Å². The molecule has 2 aromatic rings. The van der Waals surface area contributed by atoms with Gasteiger partial charge < -0.3 is 11.1 Å². The Bertz CT molecular complexity index is 769. The normalized spacial score (nSPS) is 11.2. The van der Waals surface area contributed by atoms with E-state index in [-0.39, 0.29) is 6.42 Å². The first-order chi connectivity index (χ1) is 12.0. The number of benzene rings is 1.